The predicted octanol–water partition coefficient (Wildman–Crippen LogP) is 4.84. The van der Waals surface area contributed by atoms with Gasteiger partial charge in [-0.15, -0.1) is 0 Å². The lowest BCUT2D eigenvalue weighted by Crippen LogP contribution is -2.00. The van der Waals surface area contributed by atoms with Crippen LogP contribution in [0.3, 0.4) is 0 Å². The molecule has 0 bridgehead atoms. The van der Waals surface area contributed by atoms with Gasteiger partial charge >= 0.3 is 5.97 Å². The highest BCUT2D eigenvalue weighted by atomic mass is 16.5. The highest BCUT2D eigenvalue weighted by Gasteiger charge is 2.12. The fourth-order valence-electron chi connectivity index (χ4n) is 2.52. The second kappa shape index (κ2) is 7.11. The van der Waals surface area contributed by atoms with E-state index < -0.39 is 5.97 Å². The maximum Gasteiger partial charge on any atom is 0.331 e. The Bertz CT molecular complexity index is 1030. The summed E-state index contributed by atoms with van der Waals surface area (Å²) in [6.45, 7) is 0.0295. The first-order valence-electron chi connectivity index (χ1n) is 8.12. The van der Waals surface area contributed by atoms with Crippen molar-refractivity contribution in [3.8, 4) is 11.5 Å². The molecule has 0 unspecified atom stereocenters. The molecule has 0 saturated carbocycles. The second-order valence-electron chi connectivity index (χ2n) is 5.68. The fourth-order valence-corrected chi connectivity index (χ4v) is 2.52. The summed E-state index contributed by atoms with van der Waals surface area (Å²) in [5, 5.41) is 4.90. The number of fused-ring (bicyclic) bond motifs is 1. The van der Waals surface area contributed by atoms with Gasteiger partial charge in [-0.3, -0.25) is 0 Å². The van der Waals surface area contributed by atoms with Gasteiger partial charge in [-0.05, 0) is 23.8 Å². The number of nitrogens with zero attached hydrogens (tertiary/aromatic N) is 1. The van der Waals surface area contributed by atoms with Crippen LogP contribution in [-0.4, -0.2) is 11.1 Å². The first kappa shape index (κ1) is 15.9. The number of carbonyl (C=O) groups is 1. The van der Waals surface area contributed by atoms with E-state index in [1.165, 1.54) is 6.08 Å². The van der Waals surface area contributed by atoms with Crippen molar-refractivity contribution in [3.05, 3.63) is 84.1 Å². The van der Waals surface area contributed by atoms with E-state index in [0.717, 1.165) is 16.5 Å². The van der Waals surface area contributed by atoms with Crippen molar-refractivity contribution in [1.29, 1.82) is 0 Å². The summed E-state index contributed by atoms with van der Waals surface area (Å²) < 4.78 is 16.2. The highest BCUT2D eigenvalue weighted by Crippen LogP contribution is 2.28. The molecule has 0 saturated heterocycles. The minimum absolute atomic E-state index is 0.0295. The topological polar surface area (TPSA) is 65.5 Å². The molecule has 0 fully saturated rings. The number of benzene rings is 2. The number of hydrogen-bond acceptors (Lipinski definition) is 5. The lowest BCUT2D eigenvalue weighted by Gasteiger charge is -1.97. The fraction of sp³-hybridized carbons (Fsp3) is 0.0476. The average Bonchev–Trinajstić information content (AvgIpc) is 3.32. The zero-order valence-electron chi connectivity index (χ0n) is 13.8. The van der Waals surface area contributed by atoms with Crippen LogP contribution in [0.2, 0.25) is 0 Å². The molecule has 2 aromatic heterocycles. The summed E-state index contributed by atoms with van der Waals surface area (Å²) in [4.78, 5) is 11.8. The van der Waals surface area contributed by atoms with Crippen molar-refractivity contribution in [2.45, 2.75) is 6.61 Å². The van der Waals surface area contributed by atoms with E-state index in [1.54, 1.807) is 12.1 Å². The SMILES string of the molecule is O=C(/C=C\c1ccccc1)OCc1cc(-c2cc3ccccc3o2)on1. The maximum absolute atomic E-state index is 11.8. The molecule has 0 atom stereocenters. The summed E-state index contributed by atoms with van der Waals surface area (Å²) in [5.74, 6) is 0.634. The number of ether oxygens (including phenoxy) is 1. The molecule has 2 aromatic carbocycles. The number of esters is 1. The van der Waals surface area contributed by atoms with E-state index in [2.05, 4.69) is 5.16 Å². The first-order valence-corrected chi connectivity index (χ1v) is 8.12. The summed E-state index contributed by atoms with van der Waals surface area (Å²) in [7, 11) is 0. The van der Waals surface area contributed by atoms with Crippen LogP contribution in [0.25, 0.3) is 28.6 Å². The van der Waals surface area contributed by atoms with Crippen LogP contribution >= 0.6 is 0 Å². The third-order valence-electron chi connectivity index (χ3n) is 3.80. The molecule has 0 N–H and O–H groups in total. The van der Waals surface area contributed by atoms with E-state index in [9.17, 15) is 4.79 Å². The lowest BCUT2D eigenvalue weighted by molar-refractivity contribution is -0.139. The van der Waals surface area contributed by atoms with Crippen molar-refractivity contribution < 1.29 is 18.5 Å². The largest absolute Gasteiger partial charge is 0.456 e. The van der Waals surface area contributed by atoms with Crippen molar-refractivity contribution in [2.24, 2.45) is 0 Å². The molecule has 0 aliphatic carbocycles. The zero-order chi connectivity index (χ0) is 17.8. The van der Waals surface area contributed by atoms with Gasteiger partial charge in [0.2, 0.25) is 5.76 Å². The molecule has 5 heteroatoms. The zero-order valence-corrected chi connectivity index (χ0v) is 13.8. The van der Waals surface area contributed by atoms with E-state index in [4.69, 9.17) is 13.7 Å². The minimum atomic E-state index is -0.442. The van der Waals surface area contributed by atoms with Crippen molar-refractivity contribution in [2.75, 3.05) is 0 Å². The van der Waals surface area contributed by atoms with E-state index in [0.29, 0.717) is 17.2 Å². The summed E-state index contributed by atoms with van der Waals surface area (Å²) in [5.41, 5.74) is 2.22. The van der Waals surface area contributed by atoms with Gasteiger partial charge in [0.05, 0.1) is 0 Å². The van der Waals surface area contributed by atoms with E-state index in [1.807, 2.05) is 60.7 Å². The van der Waals surface area contributed by atoms with E-state index in [-0.39, 0.29) is 6.61 Å². The molecular formula is C21H15NO4. The number of carbonyl (C=O) groups excluding carboxylic acids is 1. The Labute approximate surface area is 149 Å². The second-order valence-corrected chi connectivity index (χ2v) is 5.68. The molecule has 2 heterocycles. The molecule has 26 heavy (non-hydrogen) atoms. The van der Waals surface area contributed by atoms with Crippen molar-refractivity contribution >= 4 is 23.0 Å². The van der Waals surface area contributed by atoms with Crippen LogP contribution in [0.1, 0.15) is 11.3 Å². The molecule has 128 valence electrons. The first-order chi connectivity index (χ1) is 12.8. The van der Waals surface area contributed by atoms with Gasteiger partial charge in [-0.25, -0.2) is 4.79 Å². The Morgan fingerprint density at radius 3 is 2.65 bits per heavy atom. The molecule has 0 radical (unpaired) electrons. The molecule has 4 aromatic rings. The third kappa shape index (κ3) is 3.57. The van der Waals surface area contributed by atoms with Gasteiger partial charge in [0, 0.05) is 17.5 Å². The number of hydrogen-bond donors (Lipinski definition) is 0. The predicted molar refractivity (Wildman–Crippen MR) is 97.0 cm³/mol. The Balaban J connectivity index is 1.39. The molecule has 0 spiro atoms. The van der Waals surface area contributed by atoms with Crippen molar-refractivity contribution in [1.82, 2.24) is 5.16 Å². The molecule has 0 amide bonds. The van der Waals surface area contributed by atoms with Gasteiger partial charge in [-0.2, -0.15) is 0 Å². The number of aromatic nitrogens is 1. The molecule has 0 aliphatic heterocycles. The summed E-state index contributed by atoms with van der Waals surface area (Å²) >= 11 is 0. The Hall–Kier alpha value is -3.60. The van der Waals surface area contributed by atoms with Gasteiger partial charge in [0.25, 0.3) is 0 Å². The molecule has 5 nitrogen and oxygen atoms in total. The Kier molecular flexibility index (Phi) is 4.35. The highest BCUT2D eigenvalue weighted by molar-refractivity contribution is 5.87. The van der Waals surface area contributed by atoms with Crippen molar-refractivity contribution in [3.63, 3.8) is 0 Å². The Morgan fingerprint density at radius 1 is 1.00 bits per heavy atom. The van der Waals surface area contributed by atoms with Crippen LogP contribution in [0, 0.1) is 0 Å². The van der Waals surface area contributed by atoms with Gasteiger partial charge in [0.1, 0.15) is 17.9 Å². The standard InChI is InChI=1S/C21H15NO4/c23-21(11-10-15-6-2-1-3-7-15)24-14-17-13-20(26-22-17)19-12-16-8-4-5-9-18(16)25-19/h1-13H,14H2/b11-10-. The normalized spacial score (nSPS) is 11.2. The number of furan rings is 1. The molecular weight excluding hydrogens is 330 g/mol. The molecule has 0 aliphatic rings. The van der Waals surface area contributed by atoms with Crippen LogP contribution < -0.4 is 0 Å². The van der Waals surface area contributed by atoms with Gasteiger partial charge < -0.3 is 13.7 Å². The Morgan fingerprint density at radius 2 is 1.81 bits per heavy atom. The quantitative estimate of drug-likeness (QED) is 0.382. The molecule has 4 rings (SSSR count). The number of para-hydroxylation sites is 1. The van der Waals surface area contributed by atoms with Gasteiger partial charge in [-0.1, -0.05) is 53.7 Å². The van der Waals surface area contributed by atoms with Crippen LogP contribution in [0.15, 0.2) is 81.7 Å². The van der Waals surface area contributed by atoms with Crippen LogP contribution in [0.4, 0.5) is 0 Å². The van der Waals surface area contributed by atoms with E-state index >= 15 is 0 Å². The lowest BCUT2D eigenvalue weighted by atomic mass is 10.2. The van der Waals surface area contributed by atoms with Crippen LogP contribution in [-0.2, 0) is 16.1 Å². The smallest absolute Gasteiger partial charge is 0.331 e. The third-order valence-corrected chi connectivity index (χ3v) is 3.80. The van der Waals surface area contributed by atoms with Gasteiger partial charge in [0.15, 0.2) is 5.76 Å². The average molecular weight is 345 g/mol. The number of rotatable bonds is 5. The summed E-state index contributed by atoms with van der Waals surface area (Å²) in [6.07, 6.45) is 3.08. The maximum atomic E-state index is 11.8. The minimum Gasteiger partial charge on any atom is -0.456 e. The van der Waals surface area contributed by atoms with Crippen LogP contribution in [0.5, 0.6) is 0 Å². The summed E-state index contributed by atoms with van der Waals surface area (Å²) in [6, 6.07) is 20.8. The monoisotopic (exact) mass is 345 g/mol.